The first-order valence-electron chi connectivity index (χ1n) is 5.45. The normalized spacial score (nSPS) is 10.1. The molecule has 2 aromatic rings. The van der Waals surface area contributed by atoms with Gasteiger partial charge in [-0.15, -0.1) is 0 Å². The Bertz CT molecular complexity index is 637. The molecule has 0 amide bonds. The Labute approximate surface area is 118 Å². The van der Waals surface area contributed by atoms with Gasteiger partial charge in [0.05, 0.1) is 4.92 Å². The molecule has 0 aliphatic carbocycles. The number of hydrogen-bond donors (Lipinski definition) is 2. The molecule has 0 radical (unpaired) electrons. The van der Waals surface area contributed by atoms with E-state index in [1.165, 1.54) is 0 Å². The van der Waals surface area contributed by atoms with E-state index in [1.807, 2.05) is 0 Å². The molecule has 0 saturated carbocycles. The van der Waals surface area contributed by atoms with Crippen molar-refractivity contribution in [3.05, 3.63) is 51.2 Å². The molecule has 1 aromatic heterocycles. The predicted molar refractivity (Wildman–Crippen MR) is 72.3 cm³/mol. The van der Waals surface area contributed by atoms with Crippen LogP contribution in [0.15, 0.2) is 30.5 Å². The van der Waals surface area contributed by atoms with Crippen LogP contribution in [0.3, 0.4) is 0 Å². The Morgan fingerprint density at radius 2 is 2.30 bits per heavy atom. The first-order chi connectivity index (χ1) is 9.60. The average molecular weight is 296 g/mol. The van der Waals surface area contributed by atoms with Gasteiger partial charge in [-0.1, -0.05) is 23.7 Å². The number of hydrazine groups is 1. The zero-order valence-corrected chi connectivity index (χ0v) is 10.9. The minimum Gasteiger partial charge on any atom is -0.468 e. The minimum atomic E-state index is -0.631. The van der Waals surface area contributed by atoms with Crippen molar-refractivity contribution in [1.82, 2.24) is 9.97 Å². The number of halogens is 1. The van der Waals surface area contributed by atoms with Gasteiger partial charge >= 0.3 is 5.69 Å². The van der Waals surface area contributed by atoms with E-state index in [2.05, 4.69) is 15.4 Å². The number of rotatable bonds is 5. The molecule has 0 bridgehead atoms. The lowest BCUT2D eigenvalue weighted by Gasteiger charge is -2.07. The van der Waals surface area contributed by atoms with Gasteiger partial charge < -0.3 is 4.74 Å². The predicted octanol–water partition coefficient (Wildman–Crippen LogP) is 1.90. The summed E-state index contributed by atoms with van der Waals surface area (Å²) in [4.78, 5) is 17.7. The van der Waals surface area contributed by atoms with E-state index < -0.39 is 4.92 Å². The van der Waals surface area contributed by atoms with Gasteiger partial charge in [0.15, 0.2) is 0 Å². The molecule has 0 fully saturated rings. The van der Waals surface area contributed by atoms with Gasteiger partial charge in [0.1, 0.15) is 12.8 Å². The summed E-state index contributed by atoms with van der Waals surface area (Å²) >= 11 is 5.84. The molecule has 0 unspecified atom stereocenters. The smallest absolute Gasteiger partial charge is 0.349 e. The molecule has 0 saturated heterocycles. The number of aromatic nitrogens is 2. The molecular formula is C11H10ClN5O3. The number of anilines is 1. The van der Waals surface area contributed by atoms with Gasteiger partial charge in [-0.05, 0) is 17.7 Å². The average Bonchev–Trinajstić information content (AvgIpc) is 2.44. The molecule has 104 valence electrons. The monoisotopic (exact) mass is 295 g/mol. The molecule has 20 heavy (non-hydrogen) atoms. The zero-order chi connectivity index (χ0) is 14.5. The molecule has 8 nitrogen and oxygen atoms in total. The third-order valence-corrected chi connectivity index (χ3v) is 2.56. The second-order valence-electron chi connectivity index (χ2n) is 3.70. The molecule has 9 heteroatoms. The summed E-state index contributed by atoms with van der Waals surface area (Å²) in [7, 11) is 0. The molecule has 0 spiro atoms. The van der Waals surface area contributed by atoms with Crippen molar-refractivity contribution in [2.24, 2.45) is 5.84 Å². The highest BCUT2D eigenvalue weighted by atomic mass is 35.5. The molecule has 0 atom stereocenters. The van der Waals surface area contributed by atoms with Gasteiger partial charge in [-0.25, -0.2) is 10.8 Å². The first-order valence-corrected chi connectivity index (χ1v) is 5.83. The van der Waals surface area contributed by atoms with Crippen molar-refractivity contribution in [1.29, 1.82) is 0 Å². The van der Waals surface area contributed by atoms with Crippen molar-refractivity contribution in [3.63, 3.8) is 0 Å². The van der Waals surface area contributed by atoms with Crippen molar-refractivity contribution < 1.29 is 9.66 Å². The number of nitrogen functional groups attached to an aromatic ring is 1. The van der Waals surface area contributed by atoms with E-state index in [0.717, 1.165) is 11.8 Å². The fourth-order valence-corrected chi connectivity index (χ4v) is 1.65. The number of benzene rings is 1. The van der Waals surface area contributed by atoms with Gasteiger partial charge in [0, 0.05) is 5.02 Å². The van der Waals surface area contributed by atoms with E-state index in [9.17, 15) is 10.1 Å². The Hall–Kier alpha value is -2.45. The lowest BCUT2D eigenvalue weighted by molar-refractivity contribution is -0.386. The highest BCUT2D eigenvalue weighted by Crippen LogP contribution is 2.25. The number of hydrogen-bond acceptors (Lipinski definition) is 7. The fraction of sp³-hybridized carbons (Fsp3) is 0.0909. The Balaban J connectivity index is 2.21. The number of nitrogens with zero attached hydrogens (tertiary/aromatic N) is 3. The van der Waals surface area contributed by atoms with Gasteiger partial charge in [-0.2, -0.15) is 4.98 Å². The van der Waals surface area contributed by atoms with Crippen LogP contribution < -0.4 is 16.0 Å². The van der Waals surface area contributed by atoms with Crippen LogP contribution in [-0.2, 0) is 6.61 Å². The molecule has 1 aromatic carbocycles. The van der Waals surface area contributed by atoms with E-state index >= 15 is 0 Å². The van der Waals surface area contributed by atoms with Crippen LogP contribution in [-0.4, -0.2) is 14.9 Å². The van der Waals surface area contributed by atoms with Crippen LogP contribution in [0.1, 0.15) is 5.56 Å². The maximum absolute atomic E-state index is 10.9. The lowest BCUT2D eigenvalue weighted by atomic mass is 10.2. The lowest BCUT2D eigenvalue weighted by Crippen LogP contribution is -2.12. The van der Waals surface area contributed by atoms with E-state index in [4.69, 9.17) is 22.2 Å². The van der Waals surface area contributed by atoms with Crippen molar-refractivity contribution >= 4 is 23.2 Å². The standard InChI is InChI=1S/C11H10ClN5O3/c12-8-3-1-2-7(4-8)6-20-10-9(17(18)19)5-14-11(15-10)16-13/h1-5H,6,13H2,(H,14,15,16). The second-order valence-corrected chi connectivity index (χ2v) is 4.14. The summed E-state index contributed by atoms with van der Waals surface area (Å²) in [6.07, 6.45) is 1.02. The summed E-state index contributed by atoms with van der Waals surface area (Å²) in [5.41, 5.74) is 2.61. The van der Waals surface area contributed by atoms with Crippen molar-refractivity contribution in [3.8, 4) is 5.88 Å². The molecule has 2 rings (SSSR count). The molecule has 1 heterocycles. The molecule has 0 aliphatic rings. The Morgan fingerprint density at radius 1 is 1.50 bits per heavy atom. The quantitative estimate of drug-likeness (QED) is 0.491. The molecular weight excluding hydrogens is 286 g/mol. The highest BCUT2D eigenvalue weighted by molar-refractivity contribution is 6.30. The van der Waals surface area contributed by atoms with Gasteiger partial charge in [0.25, 0.3) is 5.88 Å². The topological polar surface area (TPSA) is 116 Å². The summed E-state index contributed by atoms with van der Waals surface area (Å²) in [6, 6.07) is 6.94. The largest absolute Gasteiger partial charge is 0.468 e. The number of nitrogens with two attached hydrogens (primary N) is 1. The SMILES string of the molecule is NNc1ncc([N+](=O)[O-])c(OCc2cccc(Cl)c2)n1. The second kappa shape index (κ2) is 6.13. The summed E-state index contributed by atoms with van der Waals surface area (Å²) in [6.45, 7) is 0.0857. The van der Waals surface area contributed by atoms with Crippen LogP contribution in [0.2, 0.25) is 5.02 Å². The van der Waals surface area contributed by atoms with Gasteiger partial charge in [-0.3, -0.25) is 15.5 Å². The van der Waals surface area contributed by atoms with Crippen LogP contribution in [0.5, 0.6) is 5.88 Å². The summed E-state index contributed by atoms with van der Waals surface area (Å²) in [5, 5.41) is 11.4. The highest BCUT2D eigenvalue weighted by Gasteiger charge is 2.18. The van der Waals surface area contributed by atoms with Crippen LogP contribution in [0.4, 0.5) is 11.6 Å². The Kier molecular flexibility index (Phi) is 4.28. The van der Waals surface area contributed by atoms with E-state index in [1.54, 1.807) is 24.3 Å². The maximum atomic E-state index is 10.9. The summed E-state index contributed by atoms with van der Waals surface area (Å²) < 4.78 is 5.34. The third-order valence-electron chi connectivity index (χ3n) is 2.33. The number of nitrogens with one attached hydrogen (secondary N) is 1. The number of ether oxygens (including phenoxy) is 1. The maximum Gasteiger partial charge on any atom is 0.349 e. The molecule has 0 aliphatic heterocycles. The zero-order valence-electron chi connectivity index (χ0n) is 10.1. The van der Waals surface area contributed by atoms with E-state index in [-0.39, 0.29) is 24.1 Å². The van der Waals surface area contributed by atoms with Crippen molar-refractivity contribution in [2.75, 3.05) is 5.43 Å². The van der Waals surface area contributed by atoms with Crippen LogP contribution in [0.25, 0.3) is 0 Å². The molecule has 3 N–H and O–H groups in total. The number of nitro groups is 1. The van der Waals surface area contributed by atoms with Crippen molar-refractivity contribution in [2.45, 2.75) is 6.61 Å². The first kappa shape index (κ1) is 14.0. The third kappa shape index (κ3) is 3.31. The minimum absolute atomic E-state index is 0.0247. The van der Waals surface area contributed by atoms with Crippen LogP contribution in [0, 0.1) is 10.1 Å². The Morgan fingerprint density at radius 3 is 2.95 bits per heavy atom. The van der Waals surface area contributed by atoms with Crippen LogP contribution >= 0.6 is 11.6 Å². The van der Waals surface area contributed by atoms with Gasteiger partial charge in [0.2, 0.25) is 5.95 Å². The summed E-state index contributed by atoms with van der Waals surface area (Å²) in [5.74, 6) is 5.01. The van der Waals surface area contributed by atoms with E-state index in [0.29, 0.717) is 5.02 Å². The fourth-order valence-electron chi connectivity index (χ4n) is 1.44.